The van der Waals surface area contributed by atoms with E-state index in [1.165, 1.54) is 44.9 Å². The van der Waals surface area contributed by atoms with Crippen LogP contribution in [0.1, 0.15) is 31.2 Å². The van der Waals surface area contributed by atoms with Gasteiger partial charge in [0.2, 0.25) is 0 Å². The minimum atomic E-state index is -0.384. The van der Waals surface area contributed by atoms with E-state index in [4.69, 9.17) is 9.72 Å². The van der Waals surface area contributed by atoms with Crippen molar-refractivity contribution < 1.29 is 9.13 Å². The van der Waals surface area contributed by atoms with Gasteiger partial charge in [-0.3, -0.25) is 10.1 Å². The molecule has 1 saturated carbocycles. The lowest BCUT2D eigenvalue weighted by Gasteiger charge is -2.11. The van der Waals surface area contributed by atoms with E-state index in [1.54, 1.807) is 12.3 Å². The molecule has 0 unspecified atom stereocenters. The van der Waals surface area contributed by atoms with E-state index in [9.17, 15) is 4.39 Å². The summed E-state index contributed by atoms with van der Waals surface area (Å²) in [5.41, 5.74) is 6.95. The summed E-state index contributed by atoms with van der Waals surface area (Å²) in [7, 11) is 1.51. The van der Waals surface area contributed by atoms with Crippen LogP contribution in [-0.2, 0) is 6.54 Å². The largest absolute Gasteiger partial charge is 0.497 e. The van der Waals surface area contributed by atoms with Gasteiger partial charge in [-0.2, -0.15) is 5.10 Å². The van der Waals surface area contributed by atoms with E-state index in [0.29, 0.717) is 39.6 Å². The first-order valence-electron chi connectivity index (χ1n) is 13.8. The number of aromatic amines is 2. The first-order valence-corrected chi connectivity index (χ1v) is 13.8. The second-order valence-corrected chi connectivity index (χ2v) is 10.6. The van der Waals surface area contributed by atoms with Crippen molar-refractivity contribution in [3.63, 3.8) is 0 Å². The summed E-state index contributed by atoms with van der Waals surface area (Å²) < 4.78 is 19.5. The van der Waals surface area contributed by atoms with Crippen LogP contribution in [0.5, 0.6) is 5.75 Å². The Morgan fingerprint density at radius 3 is 2.73 bits per heavy atom. The number of fused-ring (bicyclic) bond motifs is 2. The predicted molar refractivity (Wildman–Crippen MR) is 156 cm³/mol. The van der Waals surface area contributed by atoms with E-state index in [-0.39, 0.29) is 5.82 Å². The Morgan fingerprint density at radius 1 is 0.976 bits per heavy atom. The maximum atomic E-state index is 14.3. The van der Waals surface area contributed by atoms with Crippen LogP contribution in [-0.4, -0.2) is 48.8 Å². The van der Waals surface area contributed by atoms with Crippen molar-refractivity contribution >= 4 is 22.2 Å². The number of hydrogen-bond acceptors (Lipinski definition) is 7. The molecule has 206 valence electrons. The zero-order valence-electron chi connectivity index (χ0n) is 22.6. The molecular weight excluding hydrogens is 519 g/mol. The third-order valence-electron chi connectivity index (χ3n) is 7.82. The van der Waals surface area contributed by atoms with Crippen molar-refractivity contribution in [1.82, 2.24) is 40.4 Å². The van der Waals surface area contributed by atoms with E-state index in [1.807, 2.05) is 30.7 Å². The molecule has 1 aromatic carbocycles. The standard InChI is InChI=1S/C31H29FN8O/c1-41-24-10-20(9-23(32)12-24)25-6-7-35-30-27(25)37-31(38-30)28-26-11-22(17-36-29(26)40-39-28)21-8-19(15-34-16-21)14-33-13-18-4-2-3-5-18/h6-12,15-18,33H,2-5,13-14H2,1H3,(H,35,37,38)(H,36,39,40). The molecule has 0 saturated heterocycles. The van der Waals surface area contributed by atoms with Gasteiger partial charge in [-0.1, -0.05) is 12.8 Å². The molecule has 5 heterocycles. The van der Waals surface area contributed by atoms with Gasteiger partial charge >= 0.3 is 0 Å². The lowest BCUT2D eigenvalue weighted by molar-refractivity contribution is 0.411. The smallest absolute Gasteiger partial charge is 0.181 e. The summed E-state index contributed by atoms with van der Waals surface area (Å²) in [4.78, 5) is 21.6. The zero-order valence-corrected chi connectivity index (χ0v) is 22.6. The third-order valence-corrected chi connectivity index (χ3v) is 7.82. The summed E-state index contributed by atoms with van der Waals surface area (Å²) in [5.74, 6) is 1.41. The summed E-state index contributed by atoms with van der Waals surface area (Å²) in [6.07, 6.45) is 12.6. The monoisotopic (exact) mass is 548 g/mol. The average Bonchev–Trinajstić information content (AvgIpc) is 3.76. The number of hydrogen-bond donors (Lipinski definition) is 3. The highest BCUT2D eigenvalue weighted by Crippen LogP contribution is 2.33. The molecule has 1 fully saturated rings. The van der Waals surface area contributed by atoms with Gasteiger partial charge in [0.25, 0.3) is 0 Å². The van der Waals surface area contributed by atoms with E-state index < -0.39 is 0 Å². The normalized spacial score (nSPS) is 13.9. The molecule has 7 rings (SSSR count). The number of benzene rings is 1. The number of imidazole rings is 1. The second kappa shape index (κ2) is 10.7. The first-order chi connectivity index (χ1) is 20.1. The minimum Gasteiger partial charge on any atom is -0.497 e. The minimum absolute atomic E-state index is 0.384. The molecule has 0 atom stereocenters. The van der Waals surface area contributed by atoms with Gasteiger partial charge in [-0.15, -0.1) is 0 Å². The second-order valence-electron chi connectivity index (χ2n) is 10.6. The van der Waals surface area contributed by atoms with Gasteiger partial charge in [-0.25, -0.2) is 19.3 Å². The molecule has 10 heteroatoms. The fraction of sp³-hybridized carbons (Fsp3) is 0.258. The molecular formula is C31H29FN8O. The molecule has 1 aliphatic rings. The van der Waals surface area contributed by atoms with Crippen LogP contribution in [0.4, 0.5) is 4.39 Å². The molecule has 0 amide bonds. The van der Waals surface area contributed by atoms with Gasteiger partial charge in [0.15, 0.2) is 17.1 Å². The number of H-pyrrole nitrogens is 2. The molecule has 3 N–H and O–H groups in total. The molecule has 0 radical (unpaired) electrons. The molecule has 41 heavy (non-hydrogen) atoms. The van der Waals surface area contributed by atoms with Gasteiger partial charge in [-0.05, 0) is 66.8 Å². The summed E-state index contributed by atoms with van der Waals surface area (Å²) >= 11 is 0. The molecule has 0 aliphatic heterocycles. The Morgan fingerprint density at radius 2 is 1.85 bits per heavy atom. The Bertz CT molecular complexity index is 1860. The van der Waals surface area contributed by atoms with Crippen molar-refractivity contribution in [1.29, 1.82) is 0 Å². The van der Waals surface area contributed by atoms with Crippen LogP contribution in [0.25, 0.3) is 56.0 Å². The van der Waals surface area contributed by atoms with Gasteiger partial charge < -0.3 is 15.0 Å². The van der Waals surface area contributed by atoms with E-state index in [0.717, 1.165) is 46.6 Å². The van der Waals surface area contributed by atoms with E-state index >= 15 is 0 Å². The summed E-state index contributed by atoms with van der Waals surface area (Å²) in [6, 6.07) is 10.6. The highest BCUT2D eigenvalue weighted by Gasteiger charge is 2.18. The third kappa shape index (κ3) is 5.02. The number of halogens is 1. The van der Waals surface area contributed by atoms with Crippen molar-refractivity contribution in [2.24, 2.45) is 5.92 Å². The topological polar surface area (TPSA) is 117 Å². The van der Waals surface area contributed by atoms with Gasteiger partial charge in [0.1, 0.15) is 17.3 Å². The Balaban J connectivity index is 1.21. The molecule has 0 spiro atoms. The van der Waals surface area contributed by atoms with Crippen LogP contribution in [0.3, 0.4) is 0 Å². The molecule has 9 nitrogen and oxygen atoms in total. The Hall–Kier alpha value is -4.70. The molecule has 5 aromatic heterocycles. The fourth-order valence-corrected chi connectivity index (χ4v) is 5.72. The number of ether oxygens (including phenoxy) is 1. The molecule has 6 aromatic rings. The van der Waals surface area contributed by atoms with Crippen molar-refractivity contribution in [2.75, 3.05) is 13.7 Å². The quantitative estimate of drug-likeness (QED) is 0.212. The lowest BCUT2D eigenvalue weighted by atomic mass is 10.1. The highest BCUT2D eigenvalue weighted by atomic mass is 19.1. The van der Waals surface area contributed by atoms with Gasteiger partial charge in [0, 0.05) is 54.1 Å². The fourth-order valence-electron chi connectivity index (χ4n) is 5.72. The Kier molecular flexibility index (Phi) is 6.60. The number of methoxy groups -OCH3 is 1. The lowest BCUT2D eigenvalue weighted by Crippen LogP contribution is -2.20. The maximum absolute atomic E-state index is 14.3. The van der Waals surface area contributed by atoms with Crippen molar-refractivity contribution in [2.45, 2.75) is 32.2 Å². The van der Waals surface area contributed by atoms with Crippen LogP contribution in [0.2, 0.25) is 0 Å². The number of pyridine rings is 3. The summed E-state index contributed by atoms with van der Waals surface area (Å²) in [5, 5.41) is 11.9. The van der Waals surface area contributed by atoms with E-state index in [2.05, 4.69) is 41.5 Å². The number of nitrogens with one attached hydrogen (secondary N) is 3. The van der Waals surface area contributed by atoms with Crippen LogP contribution in [0, 0.1) is 11.7 Å². The molecule has 0 bridgehead atoms. The van der Waals surface area contributed by atoms with Crippen molar-refractivity contribution in [3.8, 4) is 39.5 Å². The SMILES string of the molecule is COc1cc(F)cc(-c2ccnc3nc(-c4[nH]nc5ncc(-c6cncc(CNCC7CCCC7)c6)cc45)[nH]c23)c1. The van der Waals surface area contributed by atoms with Crippen LogP contribution >= 0.6 is 0 Å². The zero-order chi connectivity index (χ0) is 27.8. The summed E-state index contributed by atoms with van der Waals surface area (Å²) in [6.45, 7) is 1.84. The molecule has 1 aliphatic carbocycles. The number of aromatic nitrogens is 7. The average molecular weight is 549 g/mol. The van der Waals surface area contributed by atoms with Gasteiger partial charge in [0.05, 0.1) is 18.0 Å². The number of rotatable bonds is 8. The highest BCUT2D eigenvalue weighted by molar-refractivity contribution is 5.96. The van der Waals surface area contributed by atoms with Crippen molar-refractivity contribution in [3.05, 3.63) is 72.6 Å². The maximum Gasteiger partial charge on any atom is 0.181 e. The Labute approximate surface area is 235 Å². The predicted octanol–water partition coefficient (Wildman–Crippen LogP) is 6.05. The van der Waals surface area contributed by atoms with Crippen LogP contribution in [0.15, 0.2) is 61.2 Å². The van der Waals surface area contributed by atoms with Crippen LogP contribution < -0.4 is 10.1 Å². The first kappa shape index (κ1) is 25.3. The number of nitrogens with zero attached hydrogens (tertiary/aromatic N) is 5.